The van der Waals surface area contributed by atoms with Gasteiger partial charge in [0.2, 0.25) is 6.79 Å². The van der Waals surface area contributed by atoms with E-state index in [2.05, 4.69) is 40.4 Å². The maximum Gasteiger partial charge on any atom is 0.279 e. The molecule has 0 radical (unpaired) electrons. The lowest BCUT2D eigenvalue weighted by atomic mass is 9.99. The van der Waals surface area contributed by atoms with Crippen LogP contribution in [0.25, 0.3) is 0 Å². The summed E-state index contributed by atoms with van der Waals surface area (Å²) in [6.45, 7) is 15.4. The highest BCUT2D eigenvalue weighted by Gasteiger charge is 2.37. The number of aliphatic hydroxyl groups is 1. The van der Waals surface area contributed by atoms with Gasteiger partial charge >= 0.3 is 0 Å². The summed E-state index contributed by atoms with van der Waals surface area (Å²) in [4.78, 5) is 10.8. The molecule has 0 saturated carbocycles. The van der Waals surface area contributed by atoms with Crippen molar-refractivity contribution in [1.82, 2.24) is 0 Å². The molecule has 2 rings (SSSR count). The van der Waals surface area contributed by atoms with Gasteiger partial charge in [-0.15, -0.1) is 0 Å². The Labute approximate surface area is 161 Å². The quantitative estimate of drug-likeness (QED) is 0.296. The van der Waals surface area contributed by atoms with Gasteiger partial charge in [0.15, 0.2) is 19.8 Å². The topological polar surface area (TPSA) is 91.1 Å². The zero-order valence-electron chi connectivity index (χ0n) is 16.7. The molecular formula is C19H29NO6Si. The van der Waals surface area contributed by atoms with Gasteiger partial charge in [-0.1, -0.05) is 32.9 Å². The van der Waals surface area contributed by atoms with Crippen LogP contribution in [0.5, 0.6) is 11.5 Å². The van der Waals surface area contributed by atoms with Crippen LogP contribution in [0.2, 0.25) is 18.1 Å². The third kappa shape index (κ3) is 5.09. The summed E-state index contributed by atoms with van der Waals surface area (Å²) in [5.74, 6) is 0.723. The van der Waals surface area contributed by atoms with E-state index >= 15 is 0 Å². The van der Waals surface area contributed by atoms with Crippen molar-refractivity contribution in [1.29, 1.82) is 0 Å². The summed E-state index contributed by atoms with van der Waals surface area (Å²) in [5, 5.41) is 22.0. The first-order valence-corrected chi connectivity index (χ1v) is 11.9. The van der Waals surface area contributed by atoms with Crippen LogP contribution >= 0.6 is 0 Å². The number of hydrogen-bond donors (Lipinski definition) is 1. The van der Waals surface area contributed by atoms with Crippen LogP contribution in [-0.2, 0) is 4.43 Å². The standard InChI is InChI=1S/C19H29NO6Si/c1-13(7-8-26-27(5,6)19(2,3)4)9-16(21)14-10-17-18(25-12-24-17)11-15(14)20(22)23/h10-11,16,21H,1,7-9,12H2,2-6H3. The number of hydrogen-bond acceptors (Lipinski definition) is 6. The normalized spacial score (nSPS) is 14.9. The lowest BCUT2D eigenvalue weighted by molar-refractivity contribution is -0.386. The van der Waals surface area contributed by atoms with Crippen molar-refractivity contribution < 1.29 is 23.9 Å². The first-order valence-electron chi connectivity index (χ1n) is 8.99. The Morgan fingerprint density at radius 1 is 1.37 bits per heavy atom. The van der Waals surface area contributed by atoms with E-state index in [0.717, 1.165) is 5.57 Å². The maximum absolute atomic E-state index is 11.3. The molecule has 1 N–H and O–H groups in total. The predicted molar refractivity (Wildman–Crippen MR) is 106 cm³/mol. The molecule has 8 heteroatoms. The molecule has 27 heavy (non-hydrogen) atoms. The van der Waals surface area contributed by atoms with E-state index in [-0.39, 0.29) is 29.5 Å². The Morgan fingerprint density at radius 2 is 1.96 bits per heavy atom. The van der Waals surface area contributed by atoms with E-state index in [1.165, 1.54) is 12.1 Å². The minimum Gasteiger partial charge on any atom is -0.454 e. The number of fused-ring (bicyclic) bond motifs is 1. The van der Waals surface area contributed by atoms with Crippen LogP contribution in [-0.4, -0.2) is 31.7 Å². The van der Waals surface area contributed by atoms with E-state index in [1.807, 2.05) is 0 Å². The van der Waals surface area contributed by atoms with Crippen molar-refractivity contribution in [2.24, 2.45) is 0 Å². The fourth-order valence-corrected chi connectivity index (χ4v) is 3.57. The van der Waals surface area contributed by atoms with Gasteiger partial charge in [0, 0.05) is 6.61 Å². The fourth-order valence-electron chi connectivity index (χ4n) is 2.52. The summed E-state index contributed by atoms with van der Waals surface area (Å²) in [6, 6.07) is 2.77. The van der Waals surface area contributed by atoms with Crippen molar-refractivity contribution >= 4 is 14.0 Å². The molecule has 0 fully saturated rings. The zero-order valence-corrected chi connectivity index (χ0v) is 17.7. The molecule has 150 valence electrons. The van der Waals surface area contributed by atoms with Gasteiger partial charge in [-0.3, -0.25) is 10.1 Å². The van der Waals surface area contributed by atoms with Crippen molar-refractivity contribution in [3.05, 3.63) is 40.0 Å². The molecule has 1 heterocycles. The number of rotatable bonds is 8. The van der Waals surface area contributed by atoms with Crippen LogP contribution < -0.4 is 9.47 Å². The summed E-state index contributed by atoms with van der Waals surface area (Å²) < 4.78 is 16.6. The van der Waals surface area contributed by atoms with Gasteiger partial charge in [0.25, 0.3) is 5.69 Å². The van der Waals surface area contributed by atoms with Gasteiger partial charge in [-0.25, -0.2) is 0 Å². The molecule has 7 nitrogen and oxygen atoms in total. The number of nitro groups is 1. The largest absolute Gasteiger partial charge is 0.454 e. The predicted octanol–water partition coefficient (Wildman–Crippen LogP) is 4.72. The van der Waals surface area contributed by atoms with E-state index < -0.39 is 19.3 Å². The average molecular weight is 396 g/mol. The van der Waals surface area contributed by atoms with Crippen molar-refractivity contribution in [2.45, 2.75) is 57.8 Å². The Morgan fingerprint density at radius 3 is 2.52 bits per heavy atom. The summed E-state index contributed by atoms with van der Waals surface area (Å²) in [5.41, 5.74) is 0.806. The molecule has 1 atom stereocenters. The second-order valence-corrected chi connectivity index (χ2v) is 13.2. The summed E-state index contributed by atoms with van der Waals surface area (Å²) in [7, 11) is -1.83. The highest BCUT2D eigenvalue weighted by Crippen LogP contribution is 2.41. The SMILES string of the molecule is C=C(CCO[Si](C)(C)C(C)(C)C)CC(O)c1cc2c(cc1[N+](=O)[O-])OCO2. The van der Waals surface area contributed by atoms with Crippen LogP contribution in [0.4, 0.5) is 5.69 Å². The highest BCUT2D eigenvalue weighted by atomic mass is 28.4. The molecule has 0 aliphatic carbocycles. The first-order chi connectivity index (χ1) is 12.4. The molecule has 1 aliphatic heterocycles. The van der Waals surface area contributed by atoms with Gasteiger partial charge < -0.3 is 19.0 Å². The number of nitro benzene ring substituents is 1. The first kappa shape index (κ1) is 21.4. The molecule has 0 spiro atoms. The zero-order chi connectivity index (χ0) is 20.4. The molecule has 1 aromatic carbocycles. The highest BCUT2D eigenvalue weighted by molar-refractivity contribution is 6.74. The van der Waals surface area contributed by atoms with E-state index in [4.69, 9.17) is 13.9 Å². The lowest BCUT2D eigenvalue weighted by Crippen LogP contribution is -2.41. The second kappa shape index (κ2) is 8.00. The molecule has 1 aromatic rings. The number of aliphatic hydroxyl groups excluding tert-OH is 1. The van der Waals surface area contributed by atoms with Crippen LogP contribution in [0.15, 0.2) is 24.3 Å². The Balaban J connectivity index is 2.00. The van der Waals surface area contributed by atoms with Gasteiger partial charge in [0.1, 0.15) is 0 Å². The molecule has 0 aromatic heterocycles. The minimum absolute atomic E-state index is 0.0174. The van der Waals surface area contributed by atoms with Gasteiger partial charge in [-0.2, -0.15) is 0 Å². The summed E-state index contributed by atoms with van der Waals surface area (Å²) in [6.07, 6.45) is -0.219. The van der Waals surface area contributed by atoms with E-state index in [1.54, 1.807) is 0 Å². The number of nitrogens with zero attached hydrogens (tertiary/aromatic N) is 1. The third-order valence-corrected chi connectivity index (χ3v) is 9.82. The van der Waals surface area contributed by atoms with Crippen LogP contribution in [0.1, 0.15) is 45.3 Å². The molecular weight excluding hydrogens is 366 g/mol. The van der Waals surface area contributed by atoms with Crippen LogP contribution in [0.3, 0.4) is 0 Å². The fraction of sp³-hybridized carbons (Fsp3) is 0.579. The smallest absolute Gasteiger partial charge is 0.279 e. The maximum atomic E-state index is 11.3. The third-order valence-electron chi connectivity index (χ3n) is 5.28. The van der Waals surface area contributed by atoms with Crippen molar-refractivity contribution in [3.8, 4) is 11.5 Å². The van der Waals surface area contributed by atoms with E-state index in [0.29, 0.717) is 24.5 Å². The molecule has 0 amide bonds. The molecule has 1 unspecified atom stereocenters. The monoisotopic (exact) mass is 395 g/mol. The Bertz CT molecular complexity index is 726. The number of ether oxygens (including phenoxy) is 2. The average Bonchev–Trinajstić information content (AvgIpc) is 2.99. The molecule has 1 aliphatic rings. The lowest BCUT2D eigenvalue weighted by Gasteiger charge is -2.36. The second-order valence-electron chi connectivity index (χ2n) is 8.35. The Kier molecular flexibility index (Phi) is 6.34. The van der Waals surface area contributed by atoms with Crippen LogP contribution in [0, 0.1) is 10.1 Å². The Hall–Kier alpha value is -1.90. The summed E-state index contributed by atoms with van der Waals surface area (Å²) >= 11 is 0. The minimum atomic E-state index is -1.83. The number of benzene rings is 1. The van der Waals surface area contributed by atoms with Gasteiger partial charge in [-0.05, 0) is 37.0 Å². The molecule has 0 saturated heterocycles. The van der Waals surface area contributed by atoms with Gasteiger partial charge in [0.05, 0.1) is 22.7 Å². The van der Waals surface area contributed by atoms with E-state index in [9.17, 15) is 15.2 Å². The van der Waals surface area contributed by atoms with Crippen molar-refractivity contribution in [3.63, 3.8) is 0 Å². The van der Waals surface area contributed by atoms with Crippen molar-refractivity contribution in [2.75, 3.05) is 13.4 Å². The molecule has 0 bridgehead atoms.